The summed E-state index contributed by atoms with van der Waals surface area (Å²) in [5, 5.41) is 0. The average Bonchev–Trinajstić information content (AvgIpc) is 2.85. The van der Waals surface area contributed by atoms with E-state index in [0.717, 1.165) is 25.0 Å². The maximum atomic E-state index is 14.8. The van der Waals surface area contributed by atoms with Crippen LogP contribution in [0, 0.1) is 29.1 Å². The lowest BCUT2D eigenvalue weighted by Gasteiger charge is -2.10. The van der Waals surface area contributed by atoms with Crippen LogP contribution in [0.5, 0.6) is 0 Å². The zero-order chi connectivity index (χ0) is 25.2. The summed E-state index contributed by atoms with van der Waals surface area (Å²) in [7, 11) is 0. The van der Waals surface area contributed by atoms with Crippen molar-refractivity contribution in [3.63, 3.8) is 0 Å². The highest BCUT2D eigenvalue weighted by Crippen LogP contribution is 2.28. The van der Waals surface area contributed by atoms with E-state index >= 15 is 0 Å². The molecule has 0 bridgehead atoms. The van der Waals surface area contributed by atoms with Crippen molar-refractivity contribution in [2.24, 2.45) is 0 Å². The summed E-state index contributed by atoms with van der Waals surface area (Å²) in [6.45, 7) is 2.22. The fourth-order valence-electron chi connectivity index (χ4n) is 4.35. The molecule has 0 aliphatic heterocycles. The Morgan fingerprint density at radius 1 is 0.514 bits per heavy atom. The van der Waals surface area contributed by atoms with Gasteiger partial charge in [0.1, 0.15) is 0 Å². The lowest BCUT2D eigenvalue weighted by molar-refractivity contribution is 0.445. The lowest BCUT2D eigenvalue weighted by atomic mass is 9.97. The van der Waals surface area contributed by atoms with Crippen molar-refractivity contribution in [2.45, 2.75) is 77.6 Å². The zero-order valence-corrected chi connectivity index (χ0v) is 20.3. The average molecular weight is 489 g/mol. The van der Waals surface area contributed by atoms with Crippen LogP contribution in [0.25, 0.3) is 11.1 Å². The van der Waals surface area contributed by atoms with Gasteiger partial charge in [-0.1, -0.05) is 88.3 Å². The molecule has 3 rings (SSSR count). The first-order valence-electron chi connectivity index (χ1n) is 12.6. The van der Waals surface area contributed by atoms with Crippen LogP contribution in [0.15, 0.2) is 48.5 Å². The highest BCUT2D eigenvalue weighted by molar-refractivity contribution is 5.65. The van der Waals surface area contributed by atoms with Crippen LogP contribution in [-0.2, 0) is 19.3 Å². The molecule has 0 unspecified atom stereocenters. The van der Waals surface area contributed by atoms with Crippen LogP contribution in [0.3, 0.4) is 0 Å². The minimum atomic E-state index is -1.54. The van der Waals surface area contributed by atoms with E-state index in [0.29, 0.717) is 5.56 Å². The van der Waals surface area contributed by atoms with Crippen molar-refractivity contribution >= 4 is 0 Å². The highest BCUT2D eigenvalue weighted by atomic mass is 19.2. The van der Waals surface area contributed by atoms with Crippen LogP contribution < -0.4 is 0 Å². The highest BCUT2D eigenvalue weighted by Gasteiger charge is 2.16. The molecule has 3 aromatic rings. The molecular formula is C30H33F5. The Labute approximate surface area is 205 Å². The summed E-state index contributed by atoms with van der Waals surface area (Å²) in [6, 6.07) is 12.3. The standard InChI is InChI=1S/C30H33F5/c1-2-3-4-5-6-7-8-9-10-21-11-14-23(15-12-21)25-18-17-24(28(33)29(25)34)16-13-22-19-26(31)30(35)27(32)20-22/h11-12,14-15,17-20H,2-10,13,16H2,1H3. The number of hydrogen-bond acceptors (Lipinski definition) is 0. The van der Waals surface area contributed by atoms with Crippen molar-refractivity contribution in [3.8, 4) is 11.1 Å². The summed E-state index contributed by atoms with van der Waals surface area (Å²) >= 11 is 0. The van der Waals surface area contributed by atoms with Crippen LogP contribution in [0.4, 0.5) is 22.0 Å². The second-order valence-corrected chi connectivity index (χ2v) is 9.20. The molecule has 0 fully saturated rings. The maximum absolute atomic E-state index is 14.8. The lowest BCUT2D eigenvalue weighted by Crippen LogP contribution is -2.01. The predicted octanol–water partition coefficient (Wildman–Crippen LogP) is 9.52. The molecule has 0 radical (unpaired) electrons. The fourth-order valence-corrected chi connectivity index (χ4v) is 4.35. The Kier molecular flexibility index (Phi) is 10.3. The first-order valence-corrected chi connectivity index (χ1v) is 12.6. The van der Waals surface area contributed by atoms with Gasteiger partial charge >= 0.3 is 0 Å². The van der Waals surface area contributed by atoms with E-state index in [4.69, 9.17) is 0 Å². The molecule has 0 saturated carbocycles. The molecule has 5 heteroatoms. The Bertz CT molecular complexity index is 1070. The van der Waals surface area contributed by atoms with Gasteiger partial charge in [0.2, 0.25) is 0 Å². The maximum Gasteiger partial charge on any atom is 0.194 e. The molecule has 3 aromatic carbocycles. The normalized spacial score (nSPS) is 11.3. The Morgan fingerprint density at radius 3 is 1.74 bits per heavy atom. The summed E-state index contributed by atoms with van der Waals surface area (Å²) < 4.78 is 69.4. The van der Waals surface area contributed by atoms with Gasteiger partial charge in [-0.2, -0.15) is 0 Å². The first kappa shape index (κ1) is 26.9. The quantitative estimate of drug-likeness (QED) is 0.128. The van der Waals surface area contributed by atoms with Gasteiger partial charge in [0.05, 0.1) is 0 Å². The SMILES string of the molecule is CCCCCCCCCCc1ccc(-c2ccc(CCc3cc(F)c(F)c(F)c3)c(F)c2F)cc1. The molecule has 0 heterocycles. The molecule has 0 aliphatic carbocycles. The second kappa shape index (κ2) is 13.4. The number of aryl methyl sites for hydroxylation is 3. The molecule has 0 N–H and O–H groups in total. The first-order chi connectivity index (χ1) is 16.9. The molecule has 0 atom stereocenters. The van der Waals surface area contributed by atoms with Crippen LogP contribution >= 0.6 is 0 Å². The number of hydrogen-bond donors (Lipinski definition) is 0. The van der Waals surface area contributed by atoms with E-state index in [1.54, 1.807) is 0 Å². The van der Waals surface area contributed by atoms with E-state index in [1.165, 1.54) is 62.6 Å². The number of rotatable bonds is 13. The molecule has 0 spiro atoms. The van der Waals surface area contributed by atoms with E-state index < -0.39 is 29.1 Å². The molecule has 0 nitrogen and oxygen atoms in total. The topological polar surface area (TPSA) is 0 Å². The fraction of sp³-hybridized carbons (Fsp3) is 0.400. The van der Waals surface area contributed by atoms with Crippen molar-refractivity contribution in [2.75, 3.05) is 0 Å². The Balaban J connectivity index is 1.55. The van der Waals surface area contributed by atoms with Gasteiger partial charge in [0, 0.05) is 5.56 Å². The van der Waals surface area contributed by atoms with E-state index in [2.05, 4.69) is 6.92 Å². The van der Waals surface area contributed by atoms with Crippen molar-refractivity contribution in [3.05, 3.63) is 94.3 Å². The van der Waals surface area contributed by atoms with Crippen LogP contribution in [0.1, 0.15) is 75.0 Å². The largest absolute Gasteiger partial charge is 0.204 e. The van der Waals surface area contributed by atoms with Gasteiger partial charge in [-0.05, 0) is 60.1 Å². The number of halogens is 5. The predicted molar refractivity (Wildman–Crippen MR) is 132 cm³/mol. The zero-order valence-electron chi connectivity index (χ0n) is 20.3. The third kappa shape index (κ3) is 7.65. The summed E-state index contributed by atoms with van der Waals surface area (Å²) in [5.74, 6) is -6.07. The van der Waals surface area contributed by atoms with Gasteiger partial charge in [0.25, 0.3) is 0 Å². The molecular weight excluding hydrogens is 455 g/mol. The van der Waals surface area contributed by atoms with Crippen LogP contribution in [0.2, 0.25) is 0 Å². The number of benzene rings is 3. The summed E-state index contributed by atoms with van der Waals surface area (Å²) in [5.41, 5.74) is 2.22. The van der Waals surface area contributed by atoms with Gasteiger partial charge in [-0.15, -0.1) is 0 Å². The Hall–Kier alpha value is -2.69. The van der Waals surface area contributed by atoms with Gasteiger partial charge in [0.15, 0.2) is 29.1 Å². The second-order valence-electron chi connectivity index (χ2n) is 9.20. The number of unbranched alkanes of at least 4 members (excludes halogenated alkanes) is 7. The van der Waals surface area contributed by atoms with E-state index in [9.17, 15) is 22.0 Å². The third-order valence-electron chi connectivity index (χ3n) is 6.47. The smallest absolute Gasteiger partial charge is 0.194 e. The molecule has 35 heavy (non-hydrogen) atoms. The Morgan fingerprint density at radius 2 is 1.11 bits per heavy atom. The molecule has 0 aliphatic rings. The molecule has 0 saturated heterocycles. The summed E-state index contributed by atoms with van der Waals surface area (Å²) in [6.07, 6.45) is 11.1. The van der Waals surface area contributed by atoms with Gasteiger partial charge in [-0.3, -0.25) is 0 Å². The molecule has 0 aromatic heterocycles. The monoisotopic (exact) mass is 488 g/mol. The minimum Gasteiger partial charge on any atom is -0.204 e. The minimum absolute atomic E-state index is 0.0328. The van der Waals surface area contributed by atoms with Gasteiger partial charge in [-0.25, -0.2) is 22.0 Å². The van der Waals surface area contributed by atoms with Crippen molar-refractivity contribution in [1.29, 1.82) is 0 Å². The van der Waals surface area contributed by atoms with Crippen LogP contribution in [-0.4, -0.2) is 0 Å². The van der Waals surface area contributed by atoms with Crippen molar-refractivity contribution < 1.29 is 22.0 Å². The van der Waals surface area contributed by atoms with Gasteiger partial charge < -0.3 is 0 Å². The molecule has 188 valence electrons. The van der Waals surface area contributed by atoms with Crippen molar-refractivity contribution in [1.82, 2.24) is 0 Å². The van der Waals surface area contributed by atoms with E-state index in [-0.39, 0.29) is 29.5 Å². The third-order valence-corrected chi connectivity index (χ3v) is 6.47. The van der Waals surface area contributed by atoms with E-state index in [1.807, 2.05) is 24.3 Å². The molecule has 0 amide bonds. The summed E-state index contributed by atoms with van der Waals surface area (Å²) in [4.78, 5) is 0.